The summed E-state index contributed by atoms with van der Waals surface area (Å²) in [7, 11) is 3.52. The van der Waals surface area contributed by atoms with Crippen molar-refractivity contribution in [2.45, 2.75) is 19.8 Å². The van der Waals surface area contributed by atoms with Gasteiger partial charge >= 0.3 is 0 Å². The number of amides is 1. The minimum atomic E-state index is 0. The van der Waals surface area contributed by atoms with Crippen molar-refractivity contribution in [3.05, 3.63) is 29.8 Å². The number of hydrogen-bond acceptors (Lipinski definition) is 3. The quantitative estimate of drug-likeness (QED) is 0.722. The van der Waals surface area contributed by atoms with Gasteiger partial charge in [-0.3, -0.25) is 4.79 Å². The van der Waals surface area contributed by atoms with E-state index in [9.17, 15) is 4.79 Å². The number of methoxy groups -OCH3 is 1. The summed E-state index contributed by atoms with van der Waals surface area (Å²) in [6.07, 6.45) is 1.91. The number of carbonyl (C=O) groups excluding carboxylic acids is 1. The number of carbonyl (C=O) groups is 1. The van der Waals surface area contributed by atoms with Crippen LogP contribution in [0.3, 0.4) is 0 Å². The molecule has 0 aromatic heterocycles. The van der Waals surface area contributed by atoms with Crippen molar-refractivity contribution in [3.63, 3.8) is 0 Å². The Hall–Kier alpha value is -1.26. The Bertz CT molecular complexity index is 382. The fourth-order valence-corrected chi connectivity index (χ4v) is 1.87. The monoisotopic (exact) mass is 300 g/mol. The third-order valence-corrected chi connectivity index (χ3v) is 3.06. The Morgan fingerprint density at radius 2 is 1.95 bits per heavy atom. The second-order valence-corrected chi connectivity index (χ2v) is 4.70. The number of benzene rings is 1. The second kappa shape index (κ2) is 10.5. The molecule has 0 radical (unpaired) electrons. The topological polar surface area (TPSA) is 50.4 Å². The van der Waals surface area contributed by atoms with Gasteiger partial charge in [-0.15, -0.1) is 12.4 Å². The maximum absolute atomic E-state index is 11.7. The maximum Gasteiger partial charge on any atom is 0.224 e. The molecule has 0 fully saturated rings. The van der Waals surface area contributed by atoms with E-state index < -0.39 is 0 Å². The van der Waals surface area contributed by atoms with Crippen molar-refractivity contribution in [1.82, 2.24) is 10.6 Å². The zero-order valence-corrected chi connectivity index (χ0v) is 13.3. The molecule has 0 saturated heterocycles. The van der Waals surface area contributed by atoms with Crippen LogP contribution in [0.1, 0.15) is 18.9 Å². The fraction of sp³-hybridized carbons (Fsp3) is 0.533. The van der Waals surface area contributed by atoms with E-state index in [1.807, 2.05) is 26.1 Å². The van der Waals surface area contributed by atoms with Gasteiger partial charge in [0.1, 0.15) is 5.75 Å². The fourth-order valence-electron chi connectivity index (χ4n) is 1.87. The molecular weight excluding hydrogens is 276 g/mol. The van der Waals surface area contributed by atoms with Crippen LogP contribution in [0.2, 0.25) is 0 Å². The minimum Gasteiger partial charge on any atom is -0.497 e. The SMILES string of the molecule is CNCC(C)C(=O)NCCCc1ccc(OC)cc1.Cl. The average Bonchev–Trinajstić information content (AvgIpc) is 2.44. The predicted octanol–water partition coefficient (Wildman–Crippen LogP) is 2.02. The number of halogens is 1. The first-order valence-electron chi connectivity index (χ1n) is 6.72. The van der Waals surface area contributed by atoms with E-state index in [0.29, 0.717) is 6.54 Å². The largest absolute Gasteiger partial charge is 0.497 e. The third kappa shape index (κ3) is 6.78. The molecule has 1 atom stereocenters. The second-order valence-electron chi connectivity index (χ2n) is 4.70. The summed E-state index contributed by atoms with van der Waals surface area (Å²) in [5.74, 6) is 1.01. The van der Waals surface area contributed by atoms with Crippen LogP contribution >= 0.6 is 12.4 Å². The van der Waals surface area contributed by atoms with Gasteiger partial charge in [0.2, 0.25) is 5.91 Å². The summed E-state index contributed by atoms with van der Waals surface area (Å²) < 4.78 is 5.11. The molecule has 0 saturated carbocycles. The minimum absolute atomic E-state index is 0. The van der Waals surface area contributed by atoms with Crippen LogP contribution in [0.5, 0.6) is 5.75 Å². The van der Waals surface area contributed by atoms with Gasteiger partial charge in [-0.1, -0.05) is 19.1 Å². The molecule has 0 bridgehead atoms. The molecule has 1 aromatic rings. The van der Waals surface area contributed by atoms with Crippen LogP contribution in [0, 0.1) is 5.92 Å². The number of aryl methyl sites for hydroxylation is 1. The van der Waals surface area contributed by atoms with Crippen LogP contribution < -0.4 is 15.4 Å². The Balaban J connectivity index is 0.00000361. The van der Waals surface area contributed by atoms with Gasteiger partial charge in [0.05, 0.1) is 7.11 Å². The lowest BCUT2D eigenvalue weighted by molar-refractivity contribution is -0.124. The molecule has 0 heterocycles. The van der Waals surface area contributed by atoms with Crippen molar-refractivity contribution in [2.24, 2.45) is 5.92 Å². The molecule has 2 N–H and O–H groups in total. The average molecular weight is 301 g/mol. The zero-order valence-electron chi connectivity index (χ0n) is 12.4. The molecule has 0 aliphatic heterocycles. The lowest BCUT2D eigenvalue weighted by Gasteiger charge is -2.11. The molecular formula is C15H25ClN2O2. The Morgan fingerprint density at radius 3 is 2.50 bits per heavy atom. The first kappa shape index (κ1) is 18.7. The van der Waals surface area contributed by atoms with Gasteiger partial charge in [0.25, 0.3) is 0 Å². The highest BCUT2D eigenvalue weighted by molar-refractivity contribution is 5.85. The van der Waals surface area contributed by atoms with Crippen LogP contribution in [-0.2, 0) is 11.2 Å². The van der Waals surface area contributed by atoms with Crippen LogP contribution in [0.4, 0.5) is 0 Å². The summed E-state index contributed by atoms with van der Waals surface area (Å²) in [5.41, 5.74) is 1.26. The first-order valence-corrected chi connectivity index (χ1v) is 6.72. The van der Waals surface area contributed by atoms with Crippen LogP contribution in [-0.4, -0.2) is 33.2 Å². The molecule has 114 valence electrons. The molecule has 1 unspecified atom stereocenters. The molecule has 0 spiro atoms. The molecule has 1 amide bonds. The normalized spacial score (nSPS) is 11.3. The van der Waals surface area contributed by atoms with Gasteiger partial charge in [-0.25, -0.2) is 0 Å². The van der Waals surface area contributed by atoms with E-state index in [2.05, 4.69) is 22.8 Å². The van der Waals surface area contributed by atoms with Crippen molar-refractivity contribution in [2.75, 3.05) is 27.2 Å². The van der Waals surface area contributed by atoms with E-state index >= 15 is 0 Å². The zero-order chi connectivity index (χ0) is 14.1. The summed E-state index contributed by atoms with van der Waals surface area (Å²) in [6.45, 7) is 3.36. The Kier molecular flexibility index (Phi) is 9.86. The standard InChI is InChI=1S/C15H24N2O2.ClH/c1-12(11-16-2)15(18)17-10-4-5-13-6-8-14(19-3)9-7-13;/h6-9,12,16H,4-5,10-11H2,1-3H3,(H,17,18);1H. The molecule has 0 aliphatic rings. The highest BCUT2D eigenvalue weighted by atomic mass is 35.5. The van der Waals surface area contributed by atoms with Gasteiger partial charge in [0, 0.05) is 19.0 Å². The smallest absolute Gasteiger partial charge is 0.224 e. The van der Waals surface area contributed by atoms with Crippen molar-refractivity contribution >= 4 is 18.3 Å². The molecule has 5 heteroatoms. The van der Waals surface area contributed by atoms with Gasteiger partial charge in [0.15, 0.2) is 0 Å². The predicted molar refractivity (Wildman–Crippen MR) is 84.7 cm³/mol. The van der Waals surface area contributed by atoms with Gasteiger partial charge in [-0.2, -0.15) is 0 Å². The summed E-state index contributed by atoms with van der Waals surface area (Å²) in [5, 5.41) is 5.96. The van der Waals surface area contributed by atoms with Crippen molar-refractivity contribution < 1.29 is 9.53 Å². The Labute approximate surface area is 127 Å². The van der Waals surface area contributed by atoms with Crippen LogP contribution in [0.15, 0.2) is 24.3 Å². The van der Waals surface area contributed by atoms with E-state index in [-0.39, 0.29) is 24.2 Å². The van der Waals surface area contributed by atoms with Gasteiger partial charge < -0.3 is 15.4 Å². The highest BCUT2D eigenvalue weighted by Gasteiger charge is 2.10. The van der Waals surface area contributed by atoms with Crippen LogP contribution in [0.25, 0.3) is 0 Å². The summed E-state index contributed by atoms with van der Waals surface area (Å²) in [6, 6.07) is 8.04. The van der Waals surface area contributed by atoms with E-state index in [0.717, 1.165) is 25.1 Å². The lowest BCUT2D eigenvalue weighted by Crippen LogP contribution is -2.34. The van der Waals surface area contributed by atoms with Crippen molar-refractivity contribution in [3.8, 4) is 5.75 Å². The molecule has 20 heavy (non-hydrogen) atoms. The molecule has 0 aliphatic carbocycles. The van der Waals surface area contributed by atoms with Gasteiger partial charge in [-0.05, 0) is 37.6 Å². The summed E-state index contributed by atoms with van der Waals surface area (Å²) in [4.78, 5) is 11.7. The molecule has 1 rings (SSSR count). The van der Waals surface area contributed by atoms with E-state index in [4.69, 9.17) is 4.74 Å². The van der Waals surface area contributed by atoms with E-state index in [1.54, 1.807) is 7.11 Å². The number of nitrogens with one attached hydrogen (secondary N) is 2. The Morgan fingerprint density at radius 1 is 1.30 bits per heavy atom. The molecule has 4 nitrogen and oxygen atoms in total. The molecule has 1 aromatic carbocycles. The number of rotatable bonds is 8. The lowest BCUT2D eigenvalue weighted by atomic mass is 10.1. The number of hydrogen-bond donors (Lipinski definition) is 2. The van der Waals surface area contributed by atoms with E-state index in [1.165, 1.54) is 5.56 Å². The third-order valence-electron chi connectivity index (χ3n) is 3.06. The maximum atomic E-state index is 11.7. The summed E-state index contributed by atoms with van der Waals surface area (Å²) >= 11 is 0. The van der Waals surface area contributed by atoms with Crippen molar-refractivity contribution in [1.29, 1.82) is 0 Å². The number of ether oxygens (including phenoxy) is 1. The first-order chi connectivity index (χ1) is 9.17. The highest BCUT2D eigenvalue weighted by Crippen LogP contribution is 2.12.